The molecule has 0 spiro atoms. The summed E-state index contributed by atoms with van der Waals surface area (Å²) in [6.45, 7) is 0. The Morgan fingerprint density at radius 3 is 2.50 bits per heavy atom. The summed E-state index contributed by atoms with van der Waals surface area (Å²) in [6.07, 6.45) is -7.91. The Labute approximate surface area is 132 Å². The molecule has 1 aromatic rings. The molecule has 9 heteroatoms. The topological polar surface area (TPSA) is 32.3 Å². The van der Waals surface area contributed by atoms with Crippen LogP contribution in [0, 0.1) is 0 Å². The number of amides is 1. The largest absolute Gasteiger partial charge is 0.418 e. The minimum atomic E-state index is -4.72. The highest BCUT2D eigenvalue weighted by Gasteiger charge is 2.41. The van der Waals surface area contributed by atoms with Gasteiger partial charge in [0.25, 0.3) is 0 Å². The lowest BCUT2D eigenvalue weighted by molar-refractivity contribution is -0.137. The van der Waals surface area contributed by atoms with Crippen molar-refractivity contribution in [2.45, 2.75) is 31.2 Å². The molecular weight excluding hydrogens is 338 g/mol. The van der Waals surface area contributed by atoms with Gasteiger partial charge in [-0.1, -0.05) is 12.2 Å². The molecule has 24 heavy (non-hydrogen) atoms. The number of alkyl halides is 6. The number of carbonyl (C=O) groups excluding carboxylic acids is 1. The molecule has 0 aliphatic carbocycles. The molecule has 1 N–H and O–H groups in total. The Morgan fingerprint density at radius 1 is 1.25 bits per heavy atom. The number of fused-ring (bicyclic) bond motifs is 3. The van der Waals surface area contributed by atoms with Crippen LogP contribution in [-0.4, -0.2) is 25.2 Å². The van der Waals surface area contributed by atoms with Crippen molar-refractivity contribution in [1.82, 2.24) is 0 Å². The van der Waals surface area contributed by atoms with E-state index in [1.54, 1.807) is 0 Å². The number of nitrogens with one attached hydrogen (secondary N) is 1. The zero-order valence-corrected chi connectivity index (χ0v) is 12.3. The fourth-order valence-electron chi connectivity index (χ4n) is 3.07. The summed E-state index contributed by atoms with van der Waals surface area (Å²) in [5.41, 5.74) is -0.807. The van der Waals surface area contributed by atoms with Crippen LogP contribution in [-0.2, 0) is 17.4 Å². The van der Waals surface area contributed by atoms with Crippen LogP contribution >= 0.6 is 0 Å². The van der Waals surface area contributed by atoms with Gasteiger partial charge in [0, 0.05) is 18.3 Å². The van der Waals surface area contributed by atoms with Gasteiger partial charge in [0.05, 0.1) is 30.1 Å². The first-order valence-corrected chi connectivity index (χ1v) is 7.02. The summed E-state index contributed by atoms with van der Waals surface area (Å²) in [4.78, 5) is 12.7. The van der Waals surface area contributed by atoms with Gasteiger partial charge in [-0.3, -0.25) is 4.79 Å². The average Bonchev–Trinajstić information content (AvgIpc) is 2.79. The van der Waals surface area contributed by atoms with Gasteiger partial charge in [-0.15, -0.1) is 0 Å². The quantitative estimate of drug-likeness (QED) is 0.777. The summed E-state index contributed by atoms with van der Waals surface area (Å²) in [7, 11) is 1.31. The van der Waals surface area contributed by atoms with E-state index in [2.05, 4.69) is 5.32 Å². The molecule has 0 radical (unpaired) electrons. The molecule has 3 nitrogen and oxygen atoms in total. The molecule has 2 heterocycles. The smallest absolute Gasteiger partial charge is 0.367 e. The summed E-state index contributed by atoms with van der Waals surface area (Å²) in [6, 6.07) is -0.297. The number of carbonyl (C=O) groups is 1. The Kier molecular flexibility index (Phi) is 3.58. The molecule has 0 fully saturated rings. The average molecular weight is 350 g/mol. The van der Waals surface area contributed by atoms with E-state index < -0.39 is 36.3 Å². The number of hydrogen-bond acceptors (Lipinski definition) is 2. The fraction of sp³-hybridized carbons (Fsp3) is 0.400. The molecule has 1 aromatic carbocycles. The zero-order chi connectivity index (χ0) is 17.9. The number of nitrogens with zero attached hydrogens (tertiary/aromatic N) is 1. The first-order chi connectivity index (χ1) is 11.0. The van der Waals surface area contributed by atoms with Crippen molar-refractivity contribution in [2.24, 2.45) is 0 Å². The molecule has 0 saturated carbocycles. The summed E-state index contributed by atoms with van der Waals surface area (Å²) in [5, 5.41) is 2.20. The van der Waals surface area contributed by atoms with Crippen LogP contribution in [0.5, 0.6) is 0 Å². The van der Waals surface area contributed by atoms with Gasteiger partial charge in [-0.2, -0.15) is 26.3 Å². The van der Waals surface area contributed by atoms with E-state index in [0.717, 1.165) is 6.07 Å². The van der Waals surface area contributed by atoms with Crippen LogP contribution in [0.25, 0.3) is 6.08 Å². The molecular formula is C15H12F6N2O. The number of anilines is 2. The van der Waals surface area contributed by atoms with Crippen molar-refractivity contribution in [3.05, 3.63) is 28.8 Å². The summed E-state index contributed by atoms with van der Waals surface area (Å²) in [5.74, 6) is -0.572. The van der Waals surface area contributed by atoms with Crippen LogP contribution in [0.3, 0.4) is 0 Å². The molecule has 1 atom stereocenters. The molecule has 130 valence electrons. The molecule has 1 amide bonds. The minimum Gasteiger partial charge on any atom is -0.367 e. The maximum atomic E-state index is 13.3. The monoisotopic (exact) mass is 350 g/mol. The first kappa shape index (κ1) is 16.7. The molecule has 0 bridgehead atoms. The lowest BCUT2D eigenvalue weighted by atomic mass is 9.93. The highest BCUT2D eigenvalue weighted by atomic mass is 19.4. The Bertz CT molecular complexity index is 735. The Balaban J connectivity index is 2.12. The SMILES string of the molecule is CN1c2cc(C(F)(F)F)c3c(c2C=CC1CC(F)(F)F)CC(=O)N3. The van der Waals surface area contributed by atoms with Gasteiger partial charge >= 0.3 is 12.4 Å². The third-order valence-corrected chi connectivity index (χ3v) is 4.16. The highest BCUT2D eigenvalue weighted by Crippen LogP contribution is 2.46. The predicted molar refractivity (Wildman–Crippen MR) is 75.7 cm³/mol. The van der Waals surface area contributed by atoms with Crippen molar-refractivity contribution >= 4 is 23.4 Å². The number of likely N-dealkylation sites (N-methyl/N-ethyl adjacent to an activating group) is 1. The van der Waals surface area contributed by atoms with Crippen molar-refractivity contribution in [1.29, 1.82) is 0 Å². The Morgan fingerprint density at radius 2 is 1.92 bits per heavy atom. The second-order valence-corrected chi connectivity index (χ2v) is 5.79. The van der Waals surface area contributed by atoms with E-state index in [1.807, 2.05) is 0 Å². The van der Waals surface area contributed by atoms with Gasteiger partial charge in [0.1, 0.15) is 0 Å². The maximum Gasteiger partial charge on any atom is 0.418 e. The van der Waals surface area contributed by atoms with Crippen LogP contribution in [0.2, 0.25) is 0 Å². The molecule has 0 saturated heterocycles. The maximum absolute atomic E-state index is 13.3. The van der Waals surface area contributed by atoms with E-state index in [4.69, 9.17) is 0 Å². The van der Waals surface area contributed by atoms with E-state index in [9.17, 15) is 31.1 Å². The second kappa shape index (κ2) is 5.15. The molecule has 0 aromatic heterocycles. The van der Waals surface area contributed by atoms with Crippen molar-refractivity contribution in [3.63, 3.8) is 0 Å². The lowest BCUT2D eigenvalue weighted by Crippen LogP contribution is -2.36. The van der Waals surface area contributed by atoms with Crippen molar-refractivity contribution in [3.8, 4) is 0 Å². The van der Waals surface area contributed by atoms with E-state index in [1.165, 1.54) is 24.1 Å². The molecule has 3 rings (SSSR count). The van der Waals surface area contributed by atoms with E-state index >= 15 is 0 Å². The normalized spacial score (nSPS) is 20.0. The van der Waals surface area contributed by atoms with Crippen LogP contribution in [0.1, 0.15) is 23.1 Å². The fourth-order valence-corrected chi connectivity index (χ4v) is 3.07. The van der Waals surface area contributed by atoms with Gasteiger partial charge in [0.15, 0.2) is 0 Å². The standard InChI is InChI=1S/C15H12F6N2O/c1-23-7(6-14(16,17)18)2-3-8-9-4-12(24)22-13(9)10(5-11(8)23)15(19,20)21/h2-3,5,7H,4,6H2,1H3,(H,22,24). The van der Waals surface area contributed by atoms with Gasteiger partial charge < -0.3 is 10.2 Å². The van der Waals surface area contributed by atoms with E-state index in [0.29, 0.717) is 5.56 Å². The zero-order valence-electron chi connectivity index (χ0n) is 12.3. The minimum absolute atomic E-state index is 0.0364. The lowest BCUT2D eigenvalue weighted by Gasteiger charge is -2.34. The molecule has 2 aliphatic heterocycles. The van der Waals surface area contributed by atoms with Crippen LogP contribution < -0.4 is 10.2 Å². The van der Waals surface area contributed by atoms with Crippen LogP contribution in [0.15, 0.2) is 12.1 Å². The van der Waals surface area contributed by atoms with Gasteiger partial charge in [-0.25, -0.2) is 0 Å². The Hall–Kier alpha value is -2.19. The van der Waals surface area contributed by atoms with Crippen LogP contribution in [0.4, 0.5) is 37.7 Å². The number of rotatable bonds is 1. The molecule has 1 unspecified atom stereocenters. The summed E-state index contributed by atoms with van der Waals surface area (Å²) < 4.78 is 77.7. The molecule has 2 aliphatic rings. The van der Waals surface area contributed by atoms with Gasteiger partial charge in [0.2, 0.25) is 5.91 Å². The first-order valence-electron chi connectivity index (χ1n) is 7.02. The number of benzene rings is 1. The van der Waals surface area contributed by atoms with Gasteiger partial charge in [-0.05, 0) is 11.6 Å². The number of hydrogen-bond donors (Lipinski definition) is 1. The predicted octanol–water partition coefficient (Wildman–Crippen LogP) is 3.98. The number of halogens is 6. The summed E-state index contributed by atoms with van der Waals surface area (Å²) >= 11 is 0. The van der Waals surface area contributed by atoms with Crippen molar-refractivity contribution in [2.75, 3.05) is 17.3 Å². The third kappa shape index (κ3) is 2.83. The highest BCUT2D eigenvalue weighted by molar-refractivity contribution is 6.03. The second-order valence-electron chi connectivity index (χ2n) is 5.79. The van der Waals surface area contributed by atoms with Crippen molar-refractivity contribution < 1.29 is 31.1 Å². The third-order valence-electron chi connectivity index (χ3n) is 4.16. The van der Waals surface area contributed by atoms with E-state index in [-0.39, 0.29) is 23.4 Å².